The van der Waals surface area contributed by atoms with Gasteiger partial charge in [-0.3, -0.25) is 0 Å². The SMILES string of the molecule is OCC1C2=C(C=CCC2)c2ccccc21. The topological polar surface area (TPSA) is 20.2 Å². The average Bonchev–Trinajstić information content (AvgIpc) is 2.63. The van der Waals surface area contributed by atoms with Gasteiger partial charge in [-0.05, 0) is 29.5 Å². The van der Waals surface area contributed by atoms with Gasteiger partial charge in [-0.15, -0.1) is 0 Å². The summed E-state index contributed by atoms with van der Waals surface area (Å²) in [5.74, 6) is 0.251. The fourth-order valence-electron chi connectivity index (χ4n) is 2.75. The highest BCUT2D eigenvalue weighted by molar-refractivity contribution is 5.85. The molecule has 0 fully saturated rings. The van der Waals surface area contributed by atoms with Crippen LogP contribution in [0.15, 0.2) is 42.0 Å². The molecule has 1 heteroatoms. The van der Waals surface area contributed by atoms with Gasteiger partial charge in [0.2, 0.25) is 0 Å². The zero-order chi connectivity index (χ0) is 10.3. The van der Waals surface area contributed by atoms with E-state index in [4.69, 9.17) is 0 Å². The van der Waals surface area contributed by atoms with Crippen LogP contribution < -0.4 is 0 Å². The van der Waals surface area contributed by atoms with Crippen LogP contribution in [0.3, 0.4) is 0 Å². The number of aliphatic hydroxyl groups is 1. The molecule has 2 aliphatic rings. The van der Waals surface area contributed by atoms with Gasteiger partial charge >= 0.3 is 0 Å². The highest BCUT2D eigenvalue weighted by Crippen LogP contribution is 2.45. The van der Waals surface area contributed by atoms with E-state index in [1.807, 2.05) is 0 Å². The quantitative estimate of drug-likeness (QED) is 0.735. The van der Waals surface area contributed by atoms with Gasteiger partial charge in [0.15, 0.2) is 0 Å². The molecule has 0 saturated carbocycles. The van der Waals surface area contributed by atoms with Gasteiger partial charge in [-0.2, -0.15) is 0 Å². The van der Waals surface area contributed by atoms with Crippen molar-refractivity contribution in [2.24, 2.45) is 0 Å². The summed E-state index contributed by atoms with van der Waals surface area (Å²) in [7, 11) is 0. The lowest BCUT2D eigenvalue weighted by Gasteiger charge is -2.14. The Labute approximate surface area is 89.8 Å². The molecule has 0 spiro atoms. The fraction of sp³-hybridized carbons (Fsp3) is 0.286. The minimum Gasteiger partial charge on any atom is -0.395 e. The zero-order valence-corrected chi connectivity index (χ0v) is 8.61. The third-order valence-corrected chi connectivity index (χ3v) is 3.44. The molecule has 1 aromatic rings. The maximum absolute atomic E-state index is 9.49. The molecule has 0 bridgehead atoms. The lowest BCUT2D eigenvalue weighted by molar-refractivity contribution is 0.278. The van der Waals surface area contributed by atoms with E-state index in [1.165, 1.54) is 22.3 Å². The number of aliphatic hydroxyl groups excluding tert-OH is 1. The maximum atomic E-state index is 9.49. The Morgan fingerprint density at radius 2 is 2.13 bits per heavy atom. The second-order valence-electron chi connectivity index (χ2n) is 4.20. The highest BCUT2D eigenvalue weighted by Gasteiger charge is 2.29. The molecule has 0 radical (unpaired) electrons. The standard InChI is InChI=1S/C14H14O/c15-9-14-12-7-3-1-5-10(12)11-6-2-4-8-13(11)14/h1-3,5-7,14-15H,4,8-9H2. The van der Waals surface area contributed by atoms with Crippen molar-refractivity contribution in [3.8, 4) is 0 Å². The molecule has 0 saturated heterocycles. The third-order valence-electron chi connectivity index (χ3n) is 3.44. The van der Waals surface area contributed by atoms with Crippen LogP contribution in [0.1, 0.15) is 29.9 Å². The Morgan fingerprint density at radius 1 is 1.27 bits per heavy atom. The summed E-state index contributed by atoms with van der Waals surface area (Å²) in [6, 6.07) is 8.44. The molecule has 0 aliphatic heterocycles. The maximum Gasteiger partial charge on any atom is 0.0537 e. The first-order valence-corrected chi connectivity index (χ1v) is 5.51. The molecule has 0 heterocycles. The van der Waals surface area contributed by atoms with Gasteiger partial charge in [-0.25, -0.2) is 0 Å². The van der Waals surface area contributed by atoms with E-state index in [9.17, 15) is 5.11 Å². The Hall–Kier alpha value is -1.34. The minimum atomic E-state index is 0.240. The van der Waals surface area contributed by atoms with Gasteiger partial charge in [0.05, 0.1) is 6.61 Å². The largest absolute Gasteiger partial charge is 0.395 e. The first-order chi connectivity index (χ1) is 7.42. The van der Waals surface area contributed by atoms with Crippen LogP contribution in [0.2, 0.25) is 0 Å². The van der Waals surface area contributed by atoms with Crippen molar-refractivity contribution in [1.29, 1.82) is 0 Å². The number of rotatable bonds is 1. The summed E-state index contributed by atoms with van der Waals surface area (Å²) < 4.78 is 0. The molecule has 0 amide bonds. The van der Waals surface area contributed by atoms with Crippen LogP contribution in [0.25, 0.3) is 5.57 Å². The molecule has 15 heavy (non-hydrogen) atoms. The molecular weight excluding hydrogens is 184 g/mol. The van der Waals surface area contributed by atoms with Crippen molar-refractivity contribution >= 4 is 5.57 Å². The minimum absolute atomic E-state index is 0.240. The van der Waals surface area contributed by atoms with Crippen LogP contribution in [0.5, 0.6) is 0 Å². The summed E-state index contributed by atoms with van der Waals surface area (Å²) in [6.07, 6.45) is 6.66. The Balaban J connectivity index is 2.20. The lowest BCUT2D eigenvalue weighted by Crippen LogP contribution is -2.04. The van der Waals surface area contributed by atoms with Gasteiger partial charge in [0.25, 0.3) is 0 Å². The normalized spacial score (nSPS) is 22.9. The molecule has 1 nitrogen and oxygen atoms in total. The van der Waals surface area contributed by atoms with E-state index in [0.29, 0.717) is 0 Å². The predicted octanol–water partition coefficient (Wildman–Crippen LogP) is 2.88. The van der Waals surface area contributed by atoms with E-state index in [2.05, 4.69) is 36.4 Å². The van der Waals surface area contributed by atoms with E-state index < -0.39 is 0 Å². The smallest absolute Gasteiger partial charge is 0.0537 e. The zero-order valence-electron chi connectivity index (χ0n) is 8.61. The van der Waals surface area contributed by atoms with Crippen molar-refractivity contribution in [1.82, 2.24) is 0 Å². The fourth-order valence-corrected chi connectivity index (χ4v) is 2.75. The average molecular weight is 198 g/mol. The van der Waals surface area contributed by atoms with E-state index in [1.54, 1.807) is 0 Å². The second-order valence-corrected chi connectivity index (χ2v) is 4.20. The first-order valence-electron chi connectivity index (χ1n) is 5.51. The van der Waals surface area contributed by atoms with E-state index in [-0.39, 0.29) is 12.5 Å². The number of benzene rings is 1. The molecule has 1 aromatic carbocycles. The Morgan fingerprint density at radius 3 is 3.00 bits per heavy atom. The lowest BCUT2D eigenvalue weighted by atomic mass is 9.91. The molecule has 76 valence electrons. The highest BCUT2D eigenvalue weighted by atomic mass is 16.3. The molecule has 2 aliphatic carbocycles. The summed E-state index contributed by atoms with van der Waals surface area (Å²) in [5, 5.41) is 9.49. The Kier molecular flexibility index (Phi) is 2.00. The van der Waals surface area contributed by atoms with Crippen LogP contribution in [-0.2, 0) is 0 Å². The summed E-state index contributed by atoms with van der Waals surface area (Å²) in [4.78, 5) is 0. The van der Waals surface area contributed by atoms with Crippen molar-refractivity contribution < 1.29 is 5.11 Å². The van der Waals surface area contributed by atoms with Crippen molar-refractivity contribution in [3.63, 3.8) is 0 Å². The monoisotopic (exact) mass is 198 g/mol. The molecule has 1 N–H and O–H groups in total. The molecule has 1 atom stereocenters. The molecule has 0 aromatic heterocycles. The molecule has 3 rings (SSSR count). The van der Waals surface area contributed by atoms with Crippen LogP contribution in [0, 0.1) is 0 Å². The second kappa shape index (κ2) is 3.35. The van der Waals surface area contributed by atoms with Crippen LogP contribution in [-0.4, -0.2) is 11.7 Å². The number of fused-ring (bicyclic) bond motifs is 2. The molecular formula is C14H14O. The number of allylic oxidation sites excluding steroid dienone is 3. The van der Waals surface area contributed by atoms with Gasteiger partial charge in [0, 0.05) is 5.92 Å². The van der Waals surface area contributed by atoms with Gasteiger partial charge in [0.1, 0.15) is 0 Å². The summed E-state index contributed by atoms with van der Waals surface area (Å²) >= 11 is 0. The molecule has 1 unspecified atom stereocenters. The first kappa shape index (κ1) is 8.93. The Bertz CT molecular complexity index is 454. The number of hydrogen-bond acceptors (Lipinski definition) is 1. The summed E-state index contributed by atoms with van der Waals surface area (Å²) in [5.41, 5.74) is 5.41. The third kappa shape index (κ3) is 1.20. The van der Waals surface area contributed by atoms with Gasteiger partial charge < -0.3 is 5.11 Å². The summed E-state index contributed by atoms with van der Waals surface area (Å²) in [6.45, 7) is 0.240. The van der Waals surface area contributed by atoms with Crippen LogP contribution >= 0.6 is 0 Å². The van der Waals surface area contributed by atoms with Crippen molar-refractivity contribution in [2.75, 3.05) is 6.61 Å². The van der Waals surface area contributed by atoms with Gasteiger partial charge in [-0.1, -0.05) is 42.0 Å². The van der Waals surface area contributed by atoms with Crippen molar-refractivity contribution in [3.05, 3.63) is 53.1 Å². The van der Waals surface area contributed by atoms with Crippen molar-refractivity contribution in [2.45, 2.75) is 18.8 Å². The van der Waals surface area contributed by atoms with Crippen LogP contribution in [0.4, 0.5) is 0 Å². The van der Waals surface area contributed by atoms with E-state index >= 15 is 0 Å². The number of hydrogen-bond donors (Lipinski definition) is 1. The predicted molar refractivity (Wildman–Crippen MR) is 61.6 cm³/mol. The van der Waals surface area contributed by atoms with E-state index in [0.717, 1.165) is 12.8 Å².